The van der Waals surface area contributed by atoms with Gasteiger partial charge in [0.15, 0.2) is 0 Å². The molecular weight excluding hydrogens is 316 g/mol. The van der Waals surface area contributed by atoms with E-state index in [1.54, 1.807) is 7.11 Å². The van der Waals surface area contributed by atoms with Gasteiger partial charge >= 0.3 is 0 Å². The Bertz CT molecular complexity index is 714. The molecule has 0 aromatic heterocycles. The number of benzene rings is 2. The molecule has 2 aromatic carbocycles. The Morgan fingerprint density at radius 2 is 1.72 bits per heavy atom. The molecule has 1 saturated heterocycles. The molecule has 4 rings (SSSR count). The summed E-state index contributed by atoms with van der Waals surface area (Å²) in [5.41, 5.74) is 2.19. The molecule has 0 radical (unpaired) electrons. The van der Waals surface area contributed by atoms with Crippen molar-refractivity contribution < 1.29 is 9.47 Å². The molecule has 6 heteroatoms. The fourth-order valence-electron chi connectivity index (χ4n) is 3.38. The zero-order chi connectivity index (χ0) is 17.1. The quantitative estimate of drug-likeness (QED) is 0.858. The van der Waals surface area contributed by atoms with Gasteiger partial charge in [-0.05, 0) is 29.8 Å². The predicted molar refractivity (Wildman–Crippen MR) is 95.7 cm³/mol. The number of hydrogen-bond donors (Lipinski definition) is 0. The Balaban J connectivity index is 1.66. The molecule has 2 heterocycles. The first-order chi connectivity index (χ1) is 12.4. The molecule has 0 bridgehead atoms. The van der Waals surface area contributed by atoms with Crippen LogP contribution in [0, 0.1) is 0 Å². The van der Waals surface area contributed by atoms with Crippen LogP contribution in [0.3, 0.4) is 0 Å². The standard InChI is InChI=1S/C19H22N4O2/c1-24-17-9-7-16(8-10-17)23-19(22-11-13-25-14-12-22)18(20-21-23)15-5-3-2-4-6-15/h2-10,18-19H,11-14H2,1H3. The molecule has 0 amide bonds. The average Bonchev–Trinajstić information content (AvgIpc) is 3.14. The molecule has 2 aliphatic heterocycles. The van der Waals surface area contributed by atoms with Gasteiger partial charge in [0.25, 0.3) is 0 Å². The Morgan fingerprint density at radius 1 is 1.00 bits per heavy atom. The van der Waals surface area contributed by atoms with Crippen LogP contribution in [0.4, 0.5) is 5.69 Å². The van der Waals surface area contributed by atoms with Crippen LogP contribution in [-0.4, -0.2) is 44.5 Å². The Labute approximate surface area is 147 Å². The van der Waals surface area contributed by atoms with E-state index in [0.29, 0.717) is 0 Å². The van der Waals surface area contributed by atoms with Crippen molar-refractivity contribution in [3.8, 4) is 5.75 Å². The third-order valence-electron chi connectivity index (χ3n) is 4.70. The molecule has 0 saturated carbocycles. The zero-order valence-electron chi connectivity index (χ0n) is 14.3. The lowest BCUT2D eigenvalue weighted by Gasteiger charge is -2.38. The van der Waals surface area contributed by atoms with Gasteiger partial charge in [0.2, 0.25) is 0 Å². The molecule has 2 aliphatic rings. The first kappa shape index (κ1) is 16.1. The molecule has 2 unspecified atom stereocenters. The van der Waals surface area contributed by atoms with E-state index in [9.17, 15) is 0 Å². The van der Waals surface area contributed by atoms with E-state index < -0.39 is 0 Å². The molecule has 25 heavy (non-hydrogen) atoms. The summed E-state index contributed by atoms with van der Waals surface area (Å²) in [4.78, 5) is 2.41. The largest absolute Gasteiger partial charge is 0.497 e. The van der Waals surface area contributed by atoms with Crippen molar-refractivity contribution in [3.05, 3.63) is 60.2 Å². The lowest BCUT2D eigenvalue weighted by atomic mass is 10.0. The van der Waals surface area contributed by atoms with Gasteiger partial charge in [-0.2, -0.15) is 5.11 Å². The van der Waals surface area contributed by atoms with Crippen LogP contribution in [0.25, 0.3) is 0 Å². The van der Waals surface area contributed by atoms with Gasteiger partial charge < -0.3 is 9.47 Å². The zero-order valence-corrected chi connectivity index (χ0v) is 14.3. The normalized spacial score (nSPS) is 23.8. The van der Waals surface area contributed by atoms with E-state index in [2.05, 4.69) is 39.5 Å². The van der Waals surface area contributed by atoms with Gasteiger partial charge in [-0.25, -0.2) is 5.01 Å². The summed E-state index contributed by atoms with van der Waals surface area (Å²) in [5.74, 6) is 0.836. The highest BCUT2D eigenvalue weighted by Gasteiger charge is 2.39. The van der Waals surface area contributed by atoms with Crippen LogP contribution in [0.15, 0.2) is 64.9 Å². The third-order valence-corrected chi connectivity index (χ3v) is 4.70. The molecule has 1 fully saturated rings. The highest BCUT2D eigenvalue weighted by atomic mass is 16.5. The fraction of sp³-hybridized carbons (Fsp3) is 0.368. The highest BCUT2D eigenvalue weighted by Crippen LogP contribution is 2.37. The second-order valence-corrected chi connectivity index (χ2v) is 6.16. The van der Waals surface area contributed by atoms with Gasteiger partial charge in [-0.1, -0.05) is 35.6 Å². The monoisotopic (exact) mass is 338 g/mol. The second-order valence-electron chi connectivity index (χ2n) is 6.16. The minimum absolute atomic E-state index is 0.0126. The SMILES string of the molecule is COc1ccc(N2N=NC(c3ccccc3)C2N2CCOCC2)cc1. The summed E-state index contributed by atoms with van der Waals surface area (Å²) in [5, 5.41) is 11.1. The van der Waals surface area contributed by atoms with Crippen molar-refractivity contribution >= 4 is 5.69 Å². The van der Waals surface area contributed by atoms with Crippen molar-refractivity contribution in [1.29, 1.82) is 0 Å². The maximum Gasteiger partial charge on any atom is 0.135 e. The number of hydrogen-bond acceptors (Lipinski definition) is 6. The van der Waals surface area contributed by atoms with Gasteiger partial charge in [0, 0.05) is 13.1 Å². The smallest absolute Gasteiger partial charge is 0.135 e. The number of methoxy groups -OCH3 is 1. The molecule has 0 aliphatic carbocycles. The van der Waals surface area contributed by atoms with Crippen LogP contribution < -0.4 is 9.75 Å². The van der Waals surface area contributed by atoms with Crippen molar-refractivity contribution in [1.82, 2.24) is 4.90 Å². The van der Waals surface area contributed by atoms with Gasteiger partial charge in [-0.3, -0.25) is 4.90 Å². The molecule has 130 valence electrons. The topological polar surface area (TPSA) is 49.7 Å². The van der Waals surface area contributed by atoms with Crippen LogP contribution in [0.1, 0.15) is 11.6 Å². The van der Waals surface area contributed by atoms with Gasteiger partial charge in [0.1, 0.15) is 18.0 Å². The van der Waals surface area contributed by atoms with E-state index in [4.69, 9.17) is 9.47 Å². The van der Waals surface area contributed by atoms with Crippen molar-refractivity contribution in [2.75, 3.05) is 38.4 Å². The number of anilines is 1. The van der Waals surface area contributed by atoms with Gasteiger partial charge in [-0.15, -0.1) is 0 Å². The first-order valence-electron chi connectivity index (χ1n) is 8.57. The average molecular weight is 338 g/mol. The minimum atomic E-state index is -0.0126. The Hall–Kier alpha value is -2.44. The number of rotatable bonds is 4. The van der Waals surface area contributed by atoms with E-state index in [-0.39, 0.29) is 12.2 Å². The summed E-state index contributed by atoms with van der Waals surface area (Å²) < 4.78 is 10.8. The second kappa shape index (κ2) is 7.21. The van der Waals surface area contributed by atoms with E-state index in [1.165, 1.54) is 5.56 Å². The van der Waals surface area contributed by atoms with E-state index >= 15 is 0 Å². The maximum atomic E-state index is 5.53. The Kier molecular flexibility index (Phi) is 4.63. The number of nitrogens with zero attached hydrogens (tertiary/aromatic N) is 4. The van der Waals surface area contributed by atoms with E-state index in [1.807, 2.05) is 35.3 Å². The molecule has 0 N–H and O–H groups in total. The van der Waals surface area contributed by atoms with Crippen molar-refractivity contribution in [3.63, 3.8) is 0 Å². The first-order valence-corrected chi connectivity index (χ1v) is 8.57. The minimum Gasteiger partial charge on any atom is -0.497 e. The molecule has 2 aromatic rings. The fourth-order valence-corrected chi connectivity index (χ4v) is 3.38. The van der Waals surface area contributed by atoms with Crippen LogP contribution in [0.2, 0.25) is 0 Å². The lowest BCUT2D eigenvalue weighted by Crippen LogP contribution is -2.51. The van der Waals surface area contributed by atoms with Crippen LogP contribution in [0.5, 0.6) is 5.75 Å². The maximum absolute atomic E-state index is 5.53. The summed E-state index contributed by atoms with van der Waals surface area (Å²) in [7, 11) is 1.67. The lowest BCUT2D eigenvalue weighted by molar-refractivity contribution is 0.0140. The molecular formula is C19H22N4O2. The predicted octanol–water partition coefficient (Wildman–Crippen LogP) is 3.28. The Morgan fingerprint density at radius 3 is 2.40 bits per heavy atom. The van der Waals surface area contributed by atoms with Crippen molar-refractivity contribution in [2.24, 2.45) is 10.3 Å². The third kappa shape index (κ3) is 3.23. The summed E-state index contributed by atoms with van der Waals surface area (Å²) in [6.07, 6.45) is 0.0553. The summed E-state index contributed by atoms with van der Waals surface area (Å²) >= 11 is 0. The highest BCUT2D eigenvalue weighted by molar-refractivity contribution is 5.50. The summed E-state index contributed by atoms with van der Waals surface area (Å²) in [6.45, 7) is 3.25. The van der Waals surface area contributed by atoms with Crippen molar-refractivity contribution in [2.45, 2.75) is 12.2 Å². The van der Waals surface area contributed by atoms with Crippen LogP contribution >= 0.6 is 0 Å². The molecule has 6 nitrogen and oxygen atoms in total. The van der Waals surface area contributed by atoms with Gasteiger partial charge in [0.05, 0.1) is 26.0 Å². The number of ether oxygens (including phenoxy) is 2. The van der Waals surface area contributed by atoms with Crippen LogP contribution in [-0.2, 0) is 4.74 Å². The number of morpholine rings is 1. The summed E-state index contributed by atoms with van der Waals surface area (Å²) in [6, 6.07) is 18.3. The molecule has 2 atom stereocenters. The molecule has 0 spiro atoms. The van der Waals surface area contributed by atoms with E-state index in [0.717, 1.165) is 37.7 Å².